The van der Waals surface area contributed by atoms with Gasteiger partial charge in [0.1, 0.15) is 0 Å². The first-order chi connectivity index (χ1) is 19.6. The van der Waals surface area contributed by atoms with E-state index in [1.807, 2.05) is 32.2 Å². The summed E-state index contributed by atoms with van der Waals surface area (Å²) in [6.45, 7) is 8.39. The minimum absolute atomic E-state index is 0.102. The molecule has 2 amide bonds. The highest BCUT2D eigenvalue weighted by Crippen LogP contribution is 2.26. The van der Waals surface area contributed by atoms with Crippen LogP contribution in [0.2, 0.25) is 0 Å². The fourth-order valence-corrected chi connectivity index (χ4v) is 5.45. The van der Waals surface area contributed by atoms with Crippen molar-refractivity contribution in [2.75, 3.05) is 7.05 Å². The average molecular weight is 618 g/mol. The predicted octanol–water partition coefficient (Wildman–Crippen LogP) is 4.63. The Kier molecular flexibility index (Phi) is 7.95. The first-order valence-electron chi connectivity index (χ1n) is 13.7. The lowest BCUT2D eigenvalue weighted by Crippen LogP contribution is -2.46. The predicted molar refractivity (Wildman–Crippen MR) is 161 cm³/mol. The number of amides is 2. The van der Waals surface area contributed by atoms with Crippen LogP contribution < -0.4 is 10.9 Å². The Morgan fingerprint density at radius 2 is 1.83 bits per heavy atom. The molecule has 3 heterocycles. The van der Waals surface area contributed by atoms with Crippen molar-refractivity contribution in [3.8, 4) is 11.6 Å². The highest BCUT2D eigenvalue weighted by molar-refractivity contribution is 9.10. The van der Waals surface area contributed by atoms with E-state index in [0.717, 1.165) is 22.0 Å². The Morgan fingerprint density at radius 3 is 2.49 bits per heavy atom. The number of rotatable bonds is 6. The van der Waals surface area contributed by atoms with Gasteiger partial charge < -0.3 is 10.2 Å². The SMILES string of the molecule is CNC(=O)c1ccc(-n2c(-n3cc(CC(C)C)cn3)nc3c(c2=O)C[C@@H](C)N(C(=O)c2ccc(Br)c(C)c2)C3)cc1. The summed E-state index contributed by atoms with van der Waals surface area (Å²) in [5.41, 5.74) is 4.58. The van der Waals surface area contributed by atoms with Crippen molar-refractivity contribution < 1.29 is 9.59 Å². The molecule has 1 N–H and O–H groups in total. The average Bonchev–Trinajstić information content (AvgIpc) is 3.41. The van der Waals surface area contributed by atoms with Gasteiger partial charge in [0.15, 0.2) is 0 Å². The number of halogens is 1. The molecule has 0 saturated heterocycles. The van der Waals surface area contributed by atoms with Crippen LogP contribution in [0.4, 0.5) is 0 Å². The molecule has 0 fully saturated rings. The van der Waals surface area contributed by atoms with Gasteiger partial charge in [-0.15, -0.1) is 0 Å². The molecular weight excluding hydrogens is 584 g/mol. The molecule has 4 aromatic rings. The Labute approximate surface area is 247 Å². The molecule has 0 bridgehead atoms. The second-order valence-electron chi connectivity index (χ2n) is 10.9. The van der Waals surface area contributed by atoms with Crippen LogP contribution in [0.15, 0.2) is 64.1 Å². The molecular formula is C31H33BrN6O3. The number of benzene rings is 2. The summed E-state index contributed by atoms with van der Waals surface area (Å²) in [7, 11) is 1.58. The molecule has 0 saturated carbocycles. The van der Waals surface area contributed by atoms with Gasteiger partial charge in [-0.2, -0.15) is 5.10 Å². The fraction of sp³-hybridized carbons (Fsp3) is 0.323. The van der Waals surface area contributed by atoms with E-state index in [9.17, 15) is 14.4 Å². The van der Waals surface area contributed by atoms with Gasteiger partial charge in [-0.25, -0.2) is 14.2 Å². The summed E-state index contributed by atoms with van der Waals surface area (Å²) in [5.74, 6) is 0.455. The van der Waals surface area contributed by atoms with Crippen molar-refractivity contribution >= 4 is 27.7 Å². The molecule has 41 heavy (non-hydrogen) atoms. The number of hydrogen-bond donors (Lipinski definition) is 1. The maximum Gasteiger partial charge on any atom is 0.263 e. The van der Waals surface area contributed by atoms with Crippen molar-refractivity contribution in [3.05, 3.63) is 103 Å². The Bertz CT molecular complexity index is 1690. The molecule has 0 spiro atoms. The summed E-state index contributed by atoms with van der Waals surface area (Å²) in [4.78, 5) is 46.6. The van der Waals surface area contributed by atoms with E-state index in [1.54, 1.807) is 57.7 Å². The lowest BCUT2D eigenvalue weighted by Gasteiger charge is -2.34. The van der Waals surface area contributed by atoms with E-state index in [0.29, 0.717) is 46.4 Å². The van der Waals surface area contributed by atoms with Gasteiger partial charge in [0.2, 0.25) is 5.95 Å². The number of carbonyl (C=O) groups is 2. The smallest absolute Gasteiger partial charge is 0.263 e. The zero-order valence-corrected chi connectivity index (χ0v) is 25.4. The van der Waals surface area contributed by atoms with Crippen LogP contribution in [0.25, 0.3) is 11.6 Å². The number of hydrogen-bond acceptors (Lipinski definition) is 5. The van der Waals surface area contributed by atoms with Crippen LogP contribution in [0.1, 0.15) is 63.9 Å². The molecule has 2 aromatic heterocycles. The van der Waals surface area contributed by atoms with Gasteiger partial charge in [0.25, 0.3) is 17.4 Å². The summed E-state index contributed by atoms with van der Waals surface area (Å²) in [5, 5.41) is 7.17. The van der Waals surface area contributed by atoms with Crippen LogP contribution in [-0.2, 0) is 19.4 Å². The Balaban J connectivity index is 1.61. The third-order valence-electron chi connectivity index (χ3n) is 7.36. The molecule has 0 aliphatic carbocycles. The van der Waals surface area contributed by atoms with Gasteiger partial charge in [0, 0.05) is 40.4 Å². The van der Waals surface area contributed by atoms with Gasteiger partial charge in [-0.1, -0.05) is 29.8 Å². The minimum atomic E-state index is -0.211. The van der Waals surface area contributed by atoms with Crippen molar-refractivity contribution in [1.29, 1.82) is 0 Å². The molecule has 1 aliphatic heterocycles. The first kappa shape index (κ1) is 28.5. The van der Waals surface area contributed by atoms with Crippen molar-refractivity contribution in [2.24, 2.45) is 5.92 Å². The summed E-state index contributed by atoms with van der Waals surface area (Å²) in [6.07, 6.45) is 4.89. The topological polar surface area (TPSA) is 102 Å². The van der Waals surface area contributed by atoms with E-state index in [2.05, 4.69) is 40.2 Å². The standard InChI is InChI=1S/C31H33BrN6O3/c1-18(2)12-21-15-34-37(16-21)31-35-27-17-36(29(40)23-8-11-26(32)19(3)13-23)20(4)14-25(27)30(41)38(31)24-9-6-22(7-10-24)28(39)33-5/h6-11,13,15-16,18,20H,12,14,17H2,1-5H3,(H,33,39)/t20-/m1/s1. The molecule has 0 unspecified atom stereocenters. The highest BCUT2D eigenvalue weighted by Gasteiger charge is 2.32. The van der Waals surface area contributed by atoms with E-state index in [-0.39, 0.29) is 30.0 Å². The van der Waals surface area contributed by atoms with Gasteiger partial charge in [-0.3, -0.25) is 14.4 Å². The summed E-state index contributed by atoms with van der Waals surface area (Å²) >= 11 is 3.50. The van der Waals surface area contributed by atoms with Crippen LogP contribution >= 0.6 is 15.9 Å². The zero-order chi connectivity index (χ0) is 29.4. The molecule has 2 aromatic carbocycles. The van der Waals surface area contributed by atoms with E-state index in [4.69, 9.17) is 4.98 Å². The molecule has 212 valence electrons. The number of nitrogens with one attached hydrogen (secondary N) is 1. The number of carbonyl (C=O) groups excluding carboxylic acids is 2. The Hall–Kier alpha value is -4.05. The number of aryl methyl sites for hydroxylation is 1. The molecule has 0 radical (unpaired) electrons. The van der Waals surface area contributed by atoms with Crippen LogP contribution in [0, 0.1) is 12.8 Å². The lowest BCUT2D eigenvalue weighted by molar-refractivity contribution is 0.0652. The molecule has 5 rings (SSSR count). The summed E-state index contributed by atoms with van der Waals surface area (Å²) in [6, 6.07) is 12.2. The normalized spacial score (nSPS) is 14.7. The second-order valence-corrected chi connectivity index (χ2v) is 11.8. The fourth-order valence-electron chi connectivity index (χ4n) is 5.20. The van der Waals surface area contributed by atoms with Crippen LogP contribution in [0.5, 0.6) is 0 Å². The quantitative estimate of drug-likeness (QED) is 0.340. The van der Waals surface area contributed by atoms with Crippen molar-refractivity contribution in [2.45, 2.75) is 53.1 Å². The van der Waals surface area contributed by atoms with E-state index >= 15 is 0 Å². The van der Waals surface area contributed by atoms with Gasteiger partial charge in [0.05, 0.1) is 24.1 Å². The minimum Gasteiger partial charge on any atom is -0.355 e. The van der Waals surface area contributed by atoms with E-state index < -0.39 is 0 Å². The molecule has 10 heteroatoms. The van der Waals surface area contributed by atoms with Crippen LogP contribution in [0.3, 0.4) is 0 Å². The maximum atomic E-state index is 14.1. The largest absolute Gasteiger partial charge is 0.355 e. The van der Waals surface area contributed by atoms with Crippen molar-refractivity contribution in [3.63, 3.8) is 0 Å². The first-order valence-corrected chi connectivity index (χ1v) is 14.4. The zero-order valence-electron chi connectivity index (χ0n) is 23.8. The van der Waals surface area contributed by atoms with Gasteiger partial charge >= 0.3 is 0 Å². The number of aromatic nitrogens is 4. The third-order valence-corrected chi connectivity index (χ3v) is 8.25. The third kappa shape index (κ3) is 5.61. The summed E-state index contributed by atoms with van der Waals surface area (Å²) < 4.78 is 4.10. The lowest BCUT2D eigenvalue weighted by atomic mass is 9.98. The highest BCUT2D eigenvalue weighted by atomic mass is 79.9. The molecule has 1 aliphatic rings. The second kappa shape index (κ2) is 11.4. The van der Waals surface area contributed by atoms with Gasteiger partial charge in [-0.05, 0) is 86.2 Å². The number of fused-ring (bicyclic) bond motifs is 1. The molecule has 1 atom stereocenters. The van der Waals surface area contributed by atoms with Crippen molar-refractivity contribution in [1.82, 2.24) is 29.5 Å². The van der Waals surface area contributed by atoms with Crippen LogP contribution in [-0.4, -0.2) is 49.1 Å². The van der Waals surface area contributed by atoms with E-state index in [1.165, 1.54) is 0 Å². The monoisotopic (exact) mass is 616 g/mol. The Morgan fingerprint density at radius 1 is 1.12 bits per heavy atom. The molecule has 9 nitrogen and oxygen atoms in total. The number of nitrogens with zero attached hydrogens (tertiary/aromatic N) is 5. The maximum absolute atomic E-state index is 14.1.